The number of nitrogen functional groups attached to an aromatic ring is 1. The van der Waals surface area contributed by atoms with Crippen molar-refractivity contribution in [1.82, 2.24) is 20.4 Å². The molecule has 2 aromatic carbocycles. The van der Waals surface area contributed by atoms with E-state index in [1.54, 1.807) is 6.92 Å². The fourth-order valence-electron chi connectivity index (χ4n) is 4.53. The molecule has 0 spiro atoms. The molecule has 0 bridgehead atoms. The fourth-order valence-corrected chi connectivity index (χ4v) is 4.53. The van der Waals surface area contributed by atoms with Gasteiger partial charge in [-0.1, -0.05) is 12.1 Å². The monoisotopic (exact) mass is 558 g/mol. The average Bonchev–Trinajstić information content (AvgIpc) is 2.88. The molecule has 210 valence electrons. The van der Waals surface area contributed by atoms with Crippen LogP contribution in [0.5, 0.6) is 5.75 Å². The number of fused-ring (bicyclic) bond motifs is 1. The number of hydrogen-bond acceptors (Lipinski definition) is 8. The number of likely N-dealkylation sites (N-methyl/N-ethyl adjacent to an activating group) is 1. The number of piperazine rings is 1. The molecule has 1 fully saturated rings. The van der Waals surface area contributed by atoms with E-state index in [1.165, 1.54) is 23.1 Å². The number of para-hydroxylation sites is 1. The quantitative estimate of drug-likeness (QED) is 0.0902. The number of nitrogens with zero attached hydrogens (tertiary/aromatic N) is 2. The van der Waals surface area contributed by atoms with Gasteiger partial charge in [0.25, 0.3) is 0 Å². The number of hydrogen-bond donors (Lipinski definition) is 6. The Morgan fingerprint density at radius 2 is 1.90 bits per heavy atom. The molecule has 2 aliphatic heterocycles. The number of halogens is 2. The summed E-state index contributed by atoms with van der Waals surface area (Å²) in [6.45, 7) is 1.91. The summed E-state index contributed by atoms with van der Waals surface area (Å²) >= 11 is 0. The topological polar surface area (TPSA) is 198 Å². The van der Waals surface area contributed by atoms with Crippen LogP contribution in [0.4, 0.5) is 14.5 Å². The maximum Gasteiger partial charge on any atom is 0.547 e. The first-order valence-corrected chi connectivity index (χ1v) is 12.1. The molecular weight excluding hydrogens is 533 g/mol. The maximum atomic E-state index is 14.9. The van der Waals surface area contributed by atoms with Gasteiger partial charge >= 0.3 is 24.9 Å². The number of aromatic carboxylic acids is 1. The number of anilines is 1. The van der Waals surface area contributed by atoms with Gasteiger partial charge in [0.1, 0.15) is 23.4 Å². The number of guanidine groups is 1. The lowest BCUT2D eigenvalue weighted by atomic mass is 9.72. The zero-order chi connectivity index (χ0) is 29.3. The molecule has 1 unspecified atom stereocenters. The van der Waals surface area contributed by atoms with Gasteiger partial charge in [-0.2, -0.15) is 0 Å². The van der Waals surface area contributed by atoms with Crippen LogP contribution in [0.2, 0.25) is 0 Å². The summed E-state index contributed by atoms with van der Waals surface area (Å²) in [6, 6.07) is 3.82. The number of carboxylic acid groups (broad SMARTS) is 1. The number of carboxylic acids is 1. The van der Waals surface area contributed by atoms with Crippen LogP contribution < -0.4 is 21.0 Å². The van der Waals surface area contributed by atoms with E-state index in [4.69, 9.17) is 15.8 Å². The zero-order valence-corrected chi connectivity index (χ0v) is 21.1. The van der Waals surface area contributed by atoms with Crippen molar-refractivity contribution in [2.75, 3.05) is 25.4 Å². The maximum absolute atomic E-state index is 14.9. The Labute approximate surface area is 226 Å². The second-order valence-corrected chi connectivity index (χ2v) is 9.09. The third-order valence-corrected chi connectivity index (χ3v) is 6.57. The number of nitrogens with two attached hydrogens (primary N) is 1. The molecule has 2 aliphatic rings. The summed E-state index contributed by atoms with van der Waals surface area (Å²) in [7, 11) is -1.74. The van der Waals surface area contributed by atoms with E-state index in [0.717, 1.165) is 17.0 Å². The van der Waals surface area contributed by atoms with Gasteiger partial charge in [0.15, 0.2) is 5.96 Å². The normalized spacial score (nSPS) is 17.6. The van der Waals surface area contributed by atoms with Crippen LogP contribution in [-0.4, -0.2) is 82.3 Å². The van der Waals surface area contributed by atoms with Crippen molar-refractivity contribution < 1.29 is 42.7 Å². The molecule has 0 saturated carbocycles. The van der Waals surface area contributed by atoms with E-state index >= 15 is 0 Å². The summed E-state index contributed by atoms with van der Waals surface area (Å²) in [5.74, 6) is -8.87. The molecule has 1 saturated heterocycles. The van der Waals surface area contributed by atoms with Crippen LogP contribution in [0, 0.1) is 17.0 Å². The smallest absolute Gasteiger partial charge is 0.534 e. The van der Waals surface area contributed by atoms with Gasteiger partial charge in [-0.15, -0.1) is 0 Å². The second kappa shape index (κ2) is 11.2. The molecule has 2 atom stereocenters. The Balaban J connectivity index is 1.62. The molecular formula is C24H25BF2N6O7. The minimum absolute atomic E-state index is 0.0884. The van der Waals surface area contributed by atoms with Gasteiger partial charge in [0.2, 0.25) is 5.91 Å². The number of carbonyl (C=O) groups is 4. The Morgan fingerprint density at radius 1 is 1.23 bits per heavy atom. The Kier molecular flexibility index (Phi) is 7.90. The van der Waals surface area contributed by atoms with E-state index in [2.05, 4.69) is 10.6 Å². The van der Waals surface area contributed by atoms with E-state index in [1.807, 2.05) is 0 Å². The molecule has 0 aromatic heterocycles. The van der Waals surface area contributed by atoms with E-state index in [-0.39, 0.29) is 43.1 Å². The summed E-state index contributed by atoms with van der Waals surface area (Å²) < 4.78 is 35.2. The van der Waals surface area contributed by atoms with Crippen LogP contribution in [0.3, 0.4) is 0 Å². The lowest BCUT2D eigenvalue weighted by Gasteiger charge is -2.35. The third kappa shape index (κ3) is 5.38. The standard InChI is InChI=1S/C24H25BF2N6O7/c1-2-32-6-7-33(22(36)21(32)35)24(29)31-18(17-14(26)9-12(28)10-15(17)27)20(34)30-16-8-11-4-3-5-13(23(37)38)19(11)40-25(16)39/h3-5,9-10,16,18,39H,2,6-8,28H2,1H3,(H2,29,31)(H,30,34)(H,37,38)/t16-,18?/m0/s1. The highest BCUT2D eigenvalue weighted by Gasteiger charge is 2.41. The molecule has 16 heteroatoms. The van der Waals surface area contributed by atoms with Crippen LogP contribution in [0.15, 0.2) is 30.3 Å². The second-order valence-electron chi connectivity index (χ2n) is 9.09. The predicted octanol–water partition coefficient (Wildman–Crippen LogP) is -0.359. The van der Waals surface area contributed by atoms with E-state index in [9.17, 15) is 38.1 Å². The van der Waals surface area contributed by atoms with Crippen LogP contribution >= 0.6 is 0 Å². The number of benzene rings is 2. The van der Waals surface area contributed by atoms with Crippen molar-refractivity contribution in [3.05, 3.63) is 58.7 Å². The Bertz CT molecular complexity index is 1390. The van der Waals surface area contributed by atoms with Gasteiger partial charge in [-0.05, 0) is 37.1 Å². The molecule has 7 N–H and O–H groups in total. The number of carbonyl (C=O) groups excluding carboxylic acids is 3. The first kappa shape index (κ1) is 28.3. The first-order valence-electron chi connectivity index (χ1n) is 12.1. The van der Waals surface area contributed by atoms with Crippen molar-refractivity contribution in [3.8, 4) is 5.75 Å². The van der Waals surface area contributed by atoms with Crippen molar-refractivity contribution in [1.29, 1.82) is 5.41 Å². The van der Waals surface area contributed by atoms with Crippen molar-refractivity contribution in [2.24, 2.45) is 0 Å². The van der Waals surface area contributed by atoms with Crippen molar-refractivity contribution in [2.45, 2.75) is 25.3 Å². The minimum atomic E-state index is -1.96. The number of amides is 3. The molecule has 4 rings (SSSR count). The third-order valence-electron chi connectivity index (χ3n) is 6.57. The molecule has 0 aliphatic carbocycles. The molecule has 2 aromatic rings. The van der Waals surface area contributed by atoms with Gasteiger partial charge in [0.05, 0.1) is 17.1 Å². The Hall–Kier alpha value is -4.73. The fraction of sp³-hybridized carbons (Fsp3) is 0.292. The van der Waals surface area contributed by atoms with Crippen LogP contribution in [-0.2, 0) is 20.8 Å². The lowest BCUT2D eigenvalue weighted by Crippen LogP contribution is -2.60. The molecule has 3 amide bonds. The van der Waals surface area contributed by atoms with Crippen LogP contribution in [0.25, 0.3) is 0 Å². The lowest BCUT2D eigenvalue weighted by molar-refractivity contribution is -0.153. The van der Waals surface area contributed by atoms with Gasteiger partial charge in [-0.3, -0.25) is 24.7 Å². The minimum Gasteiger partial charge on any atom is -0.534 e. The summed E-state index contributed by atoms with van der Waals surface area (Å²) in [5.41, 5.74) is 4.53. The van der Waals surface area contributed by atoms with Crippen molar-refractivity contribution >= 4 is 42.5 Å². The average molecular weight is 558 g/mol. The van der Waals surface area contributed by atoms with Crippen LogP contribution in [0.1, 0.15) is 34.5 Å². The SMILES string of the molecule is CCN1CCN(C(=N)NC(C(=O)N[C@H]2Cc3cccc(C(=O)O)c3OB2O)c2c(F)cc(N)cc2F)C(=O)C1=O. The predicted molar refractivity (Wildman–Crippen MR) is 136 cm³/mol. The highest BCUT2D eigenvalue weighted by Crippen LogP contribution is 2.31. The highest BCUT2D eigenvalue weighted by molar-refractivity contribution is 6.47. The van der Waals surface area contributed by atoms with Gasteiger partial charge < -0.3 is 36.1 Å². The molecule has 13 nitrogen and oxygen atoms in total. The summed E-state index contributed by atoms with van der Waals surface area (Å²) in [6.07, 6.45) is -0.105. The molecule has 2 heterocycles. The highest BCUT2D eigenvalue weighted by atomic mass is 19.1. The number of rotatable bonds is 6. The zero-order valence-electron chi connectivity index (χ0n) is 21.1. The Morgan fingerprint density at radius 3 is 2.52 bits per heavy atom. The first-order chi connectivity index (χ1) is 18.9. The largest absolute Gasteiger partial charge is 0.547 e. The summed E-state index contributed by atoms with van der Waals surface area (Å²) in [5, 5.41) is 33.0. The van der Waals surface area contributed by atoms with Gasteiger partial charge in [0, 0.05) is 25.3 Å². The molecule has 0 radical (unpaired) electrons. The van der Waals surface area contributed by atoms with Gasteiger partial charge in [-0.25, -0.2) is 13.6 Å². The van der Waals surface area contributed by atoms with E-state index in [0.29, 0.717) is 5.56 Å². The summed E-state index contributed by atoms with van der Waals surface area (Å²) in [4.78, 5) is 51.8. The van der Waals surface area contributed by atoms with Crippen molar-refractivity contribution in [3.63, 3.8) is 0 Å². The van der Waals surface area contributed by atoms with E-state index < -0.39 is 65.9 Å². The number of nitrogens with one attached hydrogen (secondary N) is 3. The molecule has 40 heavy (non-hydrogen) atoms.